The SMILES string of the molecule is Cc1ccc2c(n1)nc(N1CCO[C@@H](c3cnn(C4CC4)c3)C1)nc2[C@H]1C[C@H](C(F)(F)F)C1. The molecule has 3 aromatic rings. The van der Waals surface area contributed by atoms with Gasteiger partial charge in [0.05, 0.1) is 37.0 Å². The van der Waals surface area contributed by atoms with E-state index in [-0.39, 0.29) is 24.9 Å². The van der Waals surface area contributed by atoms with Gasteiger partial charge in [0.2, 0.25) is 5.95 Å². The number of hydrogen-bond donors (Lipinski definition) is 0. The summed E-state index contributed by atoms with van der Waals surface area (Å²) in [4.78, 5) is 16.1. The van der Waals surface area contributed by atoms with Crippen LogP contribution in [0.3, 0.4) is 0 Å². The molecule has 6 rings (SSSR count). The van der Waals surface area contributed by atoms with Crippen LogP contribution >= 0.6 is 0 Å². The van der Waals surface area contributed by atoms with Crippen molar-refractivity contribution in [3.8, 4) is 0 Å². The van der Waals surface area contributed by atoms with Crippen LogP contribution in [0.5, 0.6) is 0 Å². The highest BCUT2D eigenvalue weighted by molar-refractivity contribution is 5.79. The van der Waals surface area contributed by atoms with E-state index >= 15 is 0 Å². The third kappa shape index (κ3) is 3.94. The van der Waals surface area contributed by atoms with E-state index in [2.05, 4.69) is 21.2 Å². The number of morpholine rings is 1. The second-order valence-corrected chi connectivity index (χ2v) is 9.43. The van der Waals surface area contributed by atoms with Crippen molar-refractivity contribution in [3.05, 3.63) is 41.5 Å². The maximum Gasteiger partial charge on any atom is 0.391 e. The van der Waals surface area contributed by atoms with Gasteiger partial charge in [-0.2, -0.15) is 23.3 Å². The van der Waals surface area contributed by atoms with Crippen LogP contribution in [-0.4, -0.2) is 50.6 Å². The summed E-state index contributed by atoms with van der Waals surface area (Å²) >= 11 is 0. The smallest absolute Gasteiger partial charge is 0.370 e. The lowest BCUT2D eigenvalue weighted by atomic mass is 9.72. The molecule has 1 aliphatic heterocycles. The van der Waals surface area contributed by atoms with E-state index in [9.17, 15) is 13.2 Å². The highest BCUT2D eigenvalue weighted by Gasteiger charge is 2.49. The molecule has 1 saturated heterocycles. The number of pyridine rings is 1. The summed E-state index contributed by atoms with van der Waals surface area (Å²) in [6.45, 7) is 3.56. The molecule has 1 atom stereocenters. The number of aryl methyl sites for hydroxylation is 1. The Bertz CT molecular complexity index is 1180. The fourth-order valence-electron chi connectivity index (χ4n) is 4.77. The van der Waals surface area contributed by atoms with Crippen LogP contribution in [0.4, 0.5) is 19.1 Å². The number of hydrogen-bond acceptors (Lipinski definition) is 6. The predicted octanol–water partition coefficient (Wildman–Crippen LogP) is 4.50. The molecule has 0 amide bonds. The summed E-state index contributed by atoms with van der Waals surface area (Å²) in [5, 5.41) is 5.21. The summed E-state index contributed by atoms with van der Waals surface area (Å²) in [5.74, 6) is -0.988. The molecule has 0 bridgehead atoms. The van der Waals surface area contributed by atoms with Crippen LogP contribution in [0.15, 0.2) is 24.5 Å². The number of ether oxygens (including phenoxy) is 1. The van der Waals surface area contributed by atoms with Crippen LogP contribution < -0.4 is 4.90 Å². The van der Waals surface area contributed by atoms with Gasteiger partial charge in [-0.1, -0.05) is 0 Å². The average Bonchev–Trinajstić information content (AvgIpc) is 3.48. The van der Waals surface area contributed by atoms with Crippen molar-refractivity contribution in [1.29, 1.82) is 0 Å². The molecule has 0 radical (unpaired) electrons. The van der Waals surface area contributed by atoms with Gasteiger partial charge in [0.25, 0.3) is 0 Å². The maximum atomic E-state index is 13.1. The summed E-state index contributed by atoms with van der Waals surface area (Å²) in [6, 6.07) is 4.24. The Hall–Kier alpha value is -2.75. The van der Waals surface area contributed by atoms with Gasteiger partial charge in [-0.15, -0.1) is 0 Å². The molecule has 4 heterocycles. The van der Waals surface area contributed by atoms with E-state index in [1.165, 1.54) is 0 Å². The van der Waals surface area contributed by atoms with Crippen molar-refractivity contribution in [2.24, 2.45) is 5.92 Å². The normalized spacial score (nSPS) is 25.9. The number of halogens is 3. The monoisotopic (exact) mass is 458 g/mol. The van der Waals surface area contributed by atoms with Crippen LogP contribution in [-0.2, 0) is 4.74 Å². The lowest BCUT2D eigenvalue weighted by Gasteiger charge is -2.37. The van der Waals surface area contributed by atoms with Gasteiger partial charge >= 0.3 is 6.18 Å². The third-order valence-electron chi connectivity index (χ3n) is 6.97. The minimum atomic E-state index is -4.15. The third-order valence-corrected chi connectivity index (χ3v) is 6.97. The number of alkyl halides is 3. The molecule has 0 N–H and O–H groups in total. The van der Waals surface area contributed by atoms with Crippen LogP contribution in [0.25, 0.3) is 11.0 Å². The lowest BCUT2D eigenvalue weighted by molar-refractivity contribution is -0.197. The molecule has 33 heavy (non-hydrogen) atoms. The second kappa shape index (κ2) is 7.65. The van der Waals surface area contributed by atoms with Gasteiger partial charge in [0.15, 0.2) is 5.65 Å². The zero-order valence-corrected chi connectivity index (χ0v) is 18.3. The molecular formula is C23H25F3N6O. The van der Waals surface area contributed by atoms with Crippen molar-refractivity contribution >= 4 is 17.0 Å². The molecule has 3 aliphatic rings. The summed E-state index contributed by atoms with van der Waals surface area (Å²) < 4.78 is 47.3. The zero-order valence-electron chi connectivity index (χ0n) is 18.3. The van der Waals surface area contributed by atoms with Crippen molar-refractivity contribution in [3.63, 3.8) is 0 Å². The largest absolute Gasteiger partial charge is 0.391 e. The Balaban J connectivity index is 1.30. The molecule has 2 saturated carbocycles. The Morgan fingerprint density at radius 1 is 1.09 bits per heavy atom. The quantitative estimate of drug-likeness (QED) is 0.574. The predicted molar refractivity (Wildman–Crippen MR) is 115 cm³/mol. The first-order valence-corrected chi connectivity index (χ1v) is 11.5. The minimum Gasteiger partial charge on any atom is -0.370 e. The zero-order chi connectivity index (χ0) is 22.7. The topological polar surface area (TPSA) is 69.0 Å². The average molecular weight is 458 g/mol. The minimum absolute atomic E-state index is 0.0645. The number of aromatic nitrogens is 5. The van der Waals surface area contributed by atoms with Crippen molar-refractivity contribution in [1.82, 2.24) is 24.7 Å². The molecule has 0 unspecified atom stereocenters. The van der Waals surface area contributed by atoms with Gasteiger partial charge in [-0.05, 0) is 44.7 Å². The molecule has 0 spiro atoms. The highest BCUT2D eigenvalue weighted by atomic mass is 19.4. The number of fused-ring (bicyclic) bond motifs is 1. The molecule has 3 aromatic heterocycles. The van der Waals surface area contributed by atoms with E-state index in [1.54, 1.807) is 0 Å². The lowest BCUT2D eigenvalue weighted by Crippen LogP contribution is -2.40. The Labute approximate surface area is 189 Å². The first-order chi connectivity index (χ1) is 15.8. The number of anilines is 1. The summed E-state index contributed by atoms with van der Waals surface area (Å²) in [7, 11) is 0. The summed E-state index contributed by atoms with van der Waals surface area (Å²) in [6.07, 6.45) is 2.05. The van der Waals surface area contributed by atoms with E-state index < -0.39 is 12.1 Å². The van der Waals surface area contributed by atoms with E-state index in [4.69, 9.17) is 14.7 Å². The molecule has 3 fully saturated rings. The molecule has 0 aromatic carbocycles. The fraction of sp³-hybridized carbons (Fsp3) is 0.565. The number of rotatable bonds is 4. The Kier molecular flexibility index (Phi) is 4.83. The molecule has 10 heteroatoms. The first-order valence-electron chi connectivity index (χ1n) is 11.5. The van der Waals surface area contributed by atoms with Gasteiger partial charge in [-0.25, -0.2) is 9.97 Å². The van der Waals surface area contributed by atoms with Gasteiger partial charge in [0, 0.05) is 35.3 Å². The second-order valence-electron chi connectivity index (χ2n) is 9.43. The first kappa shape index (κ1) is 20.8. The van der Waals surface area contributed by atoms with Crippen molar-refractivity contribution in [2.75, 3.05) is 24.6 Å². The van der Waals surface area contributed by atoms with Gasteiger partial charge in [0.1, 0.15) is 6.10 Å². The summed E-state index contributed by atoms with van der Waals surface area (Å²) in [5.41, 5.74) is 3.04. The Morgan fingerprint density at radius 2 is 1.91 bits per heavy atom. The van der Waals surface area contributed by atoms with Crippen LogP contribution in [0.2, 0.25) is 0 Å². The molecular weight excluding hydrogens is 433 g/mol. The van der Waals surface area contributed by atoms with E-state index in [0.717, 1.165) is 29.5 Å². The highest BCUT2D eigenvalue weighted by Crippen LogP contribution is 2.50. The van der Waals surface area contributed by atoms with Crippen LogP contribution in [0.1, 0.15) is 60.7 Å². The van der Waals surface area contributed by atoms with Gasteiger partial charge in [-0.3, -0.25) is 4.68 Å². The Morgan fingerprint density at radius 3 is 2.67 bits per heavy atom. The maximum absolute atomic E-state index is 13.1. The van der Waals surface area contributed by atoms with Crippen molar-refractivity contribution < 1.29 is 17.9 Å². The molecule has 174 valence electrons. The molecule has 2 aliphatic carbocycles. The van der Waals surface area contributed by atoms with Crippen molar-refractivity contribution in [2.45, 2.75) is 56.8 Å². The van der Waals surface area contributed by atoms with E-state index in [1.807, 2.05) is 29.9 Å². The standard InChI is InChI=1S/C23H25F3N6O/c1-13-2-5-18-20(14-8-16(9-14)23(24,25)26)29-22(30-21(18)28-13)31-6-7-33-19(12-31)15-10-27-32(11-15)17-3-4-17/h2,5,10-11,14,16-17,19H,3-4,6-9,12H2,1H3/t14-,16-,19-/m1/s1. The van der Waals surface area contributed by atoms with Gasteiger partial charge < -0.3 is 9.64 Å². The van der Waals surface area contributed by atoms with E-state index in [0.29, 0.717) is 43.0 Å². The molecule has 7 nitrogen and oxygen atoms in total. The number of nitrogens with zero attached hydrogens (tertiary/aromatic N) is 6. The van der Waals surface area contributed by atoms with Crippen LogP contribution in [0, 0.1) is 12.8 Å². The fourth-order valence-corrected chi connectivity index (χ4v) is 4.77.